The van der Waals surface area contributed by atoms with Gasteiger partial charge in [-0.1, -0.05) is 5.16 Å². The smallest absolute Gasteiger partial charge is 0.287 e. The Morgan fingerprint density at radius 1 is 1.35 bits per heavy atom. The number of furan rings is 1. The van der Waals surface area contributed by atoms with E-state index in [0.29, 0.717) is 17.0 Å². The SMILES string of the molecule is Cc1cc(CNC(=O)c2cc3cc(N)ccc3o2)on1. The maximum absolute atomic E-state index is 12.0. The van der Waals surface area contributed by atoms with Crippen LogP contribution < -0.4 is 11.1 Å². The van der Waals surface area contributed by atoms with Gasteiger partial charge in [-0.3, -0.25) is 4.79 Å². The Morgan fingerprint density at radius 2 is 2.20 bits per heavy atom. The van der Waals surface area contributed by atoms with E-state index in [9.17, 15) is 4.79 Å². The van der Waals surface area contributed by atoms with Gasteiger partial charge in [-0.15, -0.1) is 0 Å². The van der Waals surface area contributed by atoms with E-state index in [1.54, 1.807) is 30.3 Å². The number of rotatable bonds is 3. The van der Waals surface area contributed by atoms with Crippen molar-refractivity contribution in [1.29, 1.82) is 0 Å². The Kier molecular flexibility index (Phi) is 2.90. The standard InChI is InChI=1S/C14H13N3O3/c1-8-4-11(20-17-8)7-16-14(18)13-6-9-5-10(15)2-3-12(9)19-13/h2-6H,7,15H2,1H3,(H,16,18). The maximum Gasteiger partial charge on any atom is 0.287 e. The van der Waals surface area contributed by atoms with E-state index in [4.69, 9.17) is 14.7 Å². The predicted molar refractivity (Wildman–Crippen MR) is 73.0 cm³/mol. The van der Waals surface area contributed by atoms with Gasteiger partial charge in [-0.05, 0) is 31.2 Å². The summed E-state index contributed by atoms with van der Waals surface area (Å²) in [6, 6.07) is 8.65. The zero-order valence-corrected chi connectivity index (χ0v) is 10.8. The number of aryl methyl sites for hydroxylation is 1. The topological polar surface area (TPSA) is 94.3 Å². The van der Waals surface area contributed by atoms with Crippen LogP contribution in [0, 0.1) is 6.92 Å². The second-order valence-corrected chi connectivity index (χ2v) is 4.53. The van der Waals surface area contributed by atoms with Crippen molar-refractivity contribution in [1.82, 2.24) is 10.5 Å². The zero-order chi connectivity index (χ0) is 14.1. The normalized spacial score (nSPS) is 10.8. The summed E-state index contributed by atoms with van der Waals surface area (Å²) >= 11 is 0. The molecule has 3 aromatic rings. The van der Waals surface area contributed by atoms with E-state index in [2.05, 4.69) is 10.5 Å². The van der Waals surface area contributed by atoms with Crippen LogP contribution in [0.15, 0.2) is 39.3 Å². The average molecular weight is 271 g/mol. The molecule has 1 amide bonds. The first-order valence-corrected chi connectivity index (χ1v) is 6.11. The highest BCUT2D eigenvalue weighted by atomic mass is 16.5. The lowest BCUT2D eigenvalue weighted by Gasteiger charge is -1.98. The second-order valence-electron chi connectivity index (χ2n) is 4.53. The number of carbonyl (C=O) groups excluding carboxylic acids is 1. The fraction of sp³-hybridized carbons (Fsp3) is 0.143. The van der Waals surface area contributed by atoms with Gasteiger partial charge in [0.2, 0.25) is 0 Å². The fourth-order valence-electron chi connectivity index (χ4n) is 1.93. The molecule has 3 N–H and O–H groups in total. The van der Waals surface area contributed by atoms with E-state index in [-0.39, 0.29) is 18.2 Å². The molecule has 0 radical (unpaired) electrons. The van der Waals surface area contributed by atoms with E-state index in [0.717, 1.165) is 11.1 Å². The largest absolute Gasteiger partial charge is 0.451 e. The minimum atomic E-state index is -0.311. The lowest BCUT2D eigenvalue weighted by Crippen LogP contribution is -2.21. The molecule has 0 saturated carbocycles. The third-order valence-corrected chi connectivity index (χ3v) is 2.86. The summed E-state index contributed by atoms with van der Waals surface area (Å²) in [4.78, 5) is 12.0. The van der Waals surface area contributed by atoms with E-state index in [1.165, 1.54) is 0 Å². The second kappa shape index (κ2) is 4.73. The fourth-order valence-corrected chi connectivity index (χ4v) is 1.93. The van der Waals surface area contributed by atoms with Crippen molar-refractivity contribution in [2.24, 2.45) is 0 Å². The zero-order valence-electron chi connectivity index (χ0n) is 10.8. The van der Waals surface area contributed by atoms with Crippen molar-refractivity contribution >= 4 is 22.6 Å². The van der Waals surface area contributed by atoms with Gasteiger partial charge in [0.1, 0.15) is 5.58 Å². The number of hydrogen-bond acceptors (Lipinski definition) is 5. The molecular weight excluding hydrogens is 258 g/mol. The highest BCUT2D eigenvalue weighted by Crippen LogP contribution is 2.21. The first-order valence-electron chi connectivity index (χ1n) is 6.11. The molecule has 0 unspecified atom stereocenters. The van der Waals surface area contributed by atoms with Crippen molar-refractivity contribution in [3.8, 4) is 0 Å². The highest BCUT2D eigenvalue weighted by Gasteiger charge is 2.13. The molecular formula is C14H13N3O3. The van der Waals surface area contributed by atoms with E-state index < -0.39 is 0 Å². The molecule has 6 nitrogen and oxygen atoms in total. The summed E-state index contributed by atoms with van der Waals surface area (Å²) in [5, 5.41) is 7.25. The van der Waals surface area contributed by atoms with Gasteiger partial charge in [0.25, 0.3) is 5.91 Å². The van der Waals surface area contributed by atoms with Gasteiger partial charge in [0.15, 0.2) is 11.5 Å². The van der Waals surface area contributed by atoms with Gasteiger partial charge in [0.05, 0.1) is 12.2 Å². The third-order valence-electron chi connectivity index (χ3n) is 2.86. The van der Waals surface area contributed by atoms with Crippen LogP contribution in [0.5, 0.6) is 0 Å². The van der Waals surface area contributed by atoms with Crippen LogP contribution in [-0.4, -0.2) is 11.1 Å². The maximum atomic E-state index is 12.0. The molecule has 1 aromatic carbocycles. The van der Waals surface area contributed by atoms with Crippen LogP contribution >= 0.6 is 0 Å². The van der Waals surface area contributed by atoms with Gasteiger partial charge in [-0.2, -0.15) is 0 Å². The predicted octanol–water partition coefficient (Wildman–Crippen LogP) is 2.24. The first-order chi connectivity index (χ1) is 9.61. The monoisotopic (exact) mass is 271 g/mol. The molecule has 2 aromatic heterocycles. The number of aromatic nitrogens is 1. The first kappa shape index (κ1) is 12.3. The molecule has 0 saturated heterocycles. The minimum Gasteiger partial charge on any atom is -0.451 e. The number of amides is 1. The lowest BCUT2D eigenvalue weighted by molar-refractivity contribution is 0.0921. The molecule has 20 heavy (non-hydrogen) atoms. The quantitative estimate of drug-likeness (QED) is 0.712. The number of benzene rings is 1. The average Bonchev–Trinajstić information content (AvgIpc) is 3.01. The van der Waals surface area contributed by atoms with Crippen LogP contribution in [0.2, 0.25) is 0 Å². The number of nitrogens with one attached hydrogen (secondary N) is 1. The molecule has 0 atom stereocenters. The van der Waals surface area contributed by atoms with Gasteiger partial charge < -0.3 is 20.0 Å². The molecule has 102 valence electrons. The number of nitrogens with two attached hydrogens (primary N) is 1. The Labute approximate surface area is 114 Å². The van der Waals surface area contributed by atoms with Crippen molar-refractivity contribution in [2.45, 2.75) is 13.5 Å². The number of hydrogen-bond donors (Lipinski definition) is 2. The minimum absolute atomic E-state index is 0.238. The van der Waals surface area contributed by atoms with Crippen molar-refractivity contribution in [3.05, 3.63) is 47.5 Å². The highest BCUT2D eigenvalue weighted by molar-refractivity contribution is 5.96. The van der Waals surface area contributed by atoms with Gasteiger partial charge >= 0.3 is 0 Å². The van der Waals surface area contributed by atoms with Crippen LogP contribution in [0.4, 0.5) is 5.69 Å². The molecule has 0 aliphatic carbocycles. The number of anilines is 1. The van der Waals surface area contributed by atoms with Crippen LogP contribution in [0.3, 0.4) is 0 Å². The molecule has 0 aliphatic heterocycles. The summed E-state index contributed by atoms with van der Waals surface area (Å²) in [6.45, 7) is 2.08. The summed E-state index contributed by atoms with van der Waals surface area (Å²) in [7, 11) is 0. The number of nitrogen functional groups attached to an aromatic ring is 1. The van der Waals surface area contributed by atoms with Crippen LogP contribution in [0.1, 0.15) is 22.0 Å². The number of carbonyl (C=O) groups is 1. The Balaban J connectivity index is 1.75. The summed E-state index contributed by atoms with van der Waals surface area (Å²) in [5.41, 5.74) is 7.71. The molecule has 0 aliphatic rings. The van der Waals surface area contributed by atoms with Crippen molar-refractivity contribution in [3.63, 3.8) is 0 Å². The molecule has 0 fully saturated rings. The van der Waals surface area contributed by atoms with Gasteiger partial charge in [-0.25, -0.2) is 0 Å². The molecule has 0 spiro atoms. The Hall–Kier alpha value is -2.76. The molecule has 6 heteroatoms. The Morgan fingerprint density at radius 3 is 2.95 bits per heavy atom. The summed E-state index contributed by atoms with van der Waals surface area (Å²) in [5.74, 6) is 0.520. The van der Waals surface area contributed by atoms with Crippen LogP contribution in [0.25, 0.3) is 11.0 Å². The molecule has 0 bridgehead atoms. The van der Waals surface area contributed by atoms with Crippen molar-refractivity contribution < 1.29 is 13.7 Å². The third kappa shape index (κ3) is 2.35. The molecule has 2 heterocycles. The van der Waals surface area contributed by atoms with Gasteiger partial charge in [0, 0.05) is 17.1 Å². The van der Waals surface area contributed by atoms with Crippen molar-refractivity contribution in [2.75, 3.05) is 5.73 Å². The summed E-state index contributed by atoms with van der Waals surface area (Å²) in [6.07, 6.45) is 0. The number of nitrogens with zero attached hydrogens (tertiary/aromatic N) is 1. The molecule has 3 rings (SSSR count). The van der Waals surface area contributed by atoms with E-state index in [1.807, 2.05) is 6.92 Å². The van der Waals surface area contributed by atoms with E-state index >= 15 is 0 Å². The summed E-state index contributed by atoms with van der Waals surface area (Å²) < 4.78 is 10.5. The van der Waals surface area contributed by atoms with Crippen LogP contribution in [-0.2, 0) is 6.54 Å². The lowest BCUT2D eigenvalue weighted by atomic mass is 10.2. The number of fused-ring (bicyclic) bond motifs is 1. The Bertz CT molecular complexity index is 773.